The zero-order valence-electron chi connectivity index (χ0n) is 12.8. The Balaban J connectivity index is 1.44. The van der Waals surface area contributed by atoms with Crippen molar-refractivity contribution < 1.29 is 8.42 Å². The summed E-state index contributed by atoms with van der Waals surface area (Å²) >= 11 is 0. The van der Waals surface area contributed by atoms with Crippen LogP contribution in [0.4, 0.5) is 0 Å². The number of benzene rings is 1. The van der Waals surface area contributed by atoms with Crippen LogP contribution in [0.1, 0.15) is 0 Å². The number of nitrogens with zero attached hydrogens (tertiary/aromatic N) is 6. The average Bonchev–Trinajstić information content (AvgIpc) is 3.24. The Labute approximate surface area is 139 Å². The topological polar surface area (TPSA) is 85.9 Å². The molecule has 1 aliphatic rings. The summed E-state index contributed by atoms with van der Waals surface area (Å²) in [5, 5.41) is 8.18. The summed E-state index contributed by atoms with van der Waals surface area (Å²) in [7, 11) is -3.44. The Morgan fingerprint density at radius 1 is 1.12 bits per heavy atom. The molecule has 3 heterocycles. The summed E-state index contributed by atoms with van der Waals surface area (Å²) in [4.78, 5) is 4.19. The molecule has 124 valence electrons. The first-order valence-electron chi connectivity index (χ1n) is 7.55. The quantitative estimate of drug-likeness (QED) is 0.683. The minimum Gasteiger partial charge on any atom is -0.253 e. The van der Waals surface area contributed by atoms with E-state index in [4.69, 9.17) is 0 Å². The molecule has 0 N–H and O–H groups in total. The van der Waals surface area contributed by atoms with Crippen LogP contribution in [-0.2, 0) is 16.6 Å². The van der Waals surface area contributed by atoms with E-state index in [2.05, 4.69) is 15.2 Å². The number of hydrogen-bond donors (Lipinski definition) is 0. The highest BCUT2D eigenvalue weighted by Crippen LogP contribution is 2.26. The number of hydrogen-bond acceptors (Lipinski definition) is 5. The maximum absolute atomic E-state index is 12.6. The van der Waals surface area contributed by atoms with E-state index >= 15 is 0 Å². The van der Waals surface area contributed by atoms with E-state index in [9.17, 15) is 8.42 Å². The zero-order valence-corrected chi connectivity index (χ0v) is 13.6. The van der Waals surface area contributed by atoms with Crippen LogP contribution >= 0.6 is 0 Å². The van der Waals surface area contributed by atoms with Crippen LogP contribution in [0.5, 0.6) is 0 Å². The predicted molar refractivity (Wildman–Crippen MR) is 85.8 cm³/mol. The lowest BCUT2D eigenvalue weighted by Gasteiger charge is -2.37. The van der Waals surface area contributed by atoms with Gasteiger partial charge in [0.2, 0.25) is 10.0 Å². The van der Waals surface area contributed by atoms with Gasteiger partial charge in [0.1, 0.15) is 12.7 Å². The van der Waals surface area contributed by atoms with Crippen molar-refractivity contribution in [1.82, 2.24) is 28.9 Å². The molecule has 3 aromatic rings. The van der Waals surface area contributed by atoms with Crippen LogP contribution in [0.3, 0.4) is 0 Å². The van der Waals surface area contributed by atoms with E-state index in [1.165, 1.54) is 10.6 Å². The van der Waals surface area contributed by atoms with Gasteiger partial charge in [0.15, 0.2) is 0 Å². The van der Waals surface area contributed by atoms with Crippen molar-refractivity contribution in [2.75, 3.05) is 13.1 Å². The fraction of sp³-hybridized carbons (Fsp3) is 0.267. The first kappa shape index (κ1) is 15.0. The van der Waals surface area contributed by atoms with Gasteiger partial charge in [-0.15, -0.1) is 0 Å². The first-order chi connectivity index (χ1) is 11.6. The van der Waals surface area contributed by atoms with Crippen LogP contribution < -0.4 is 0 Å². The summed E-state index contributed by atoms with van der Waals surface area (Å²) in [5.41, 5.74) is 0.826. The first-order valence-corrected chi connectivity index (χ1v) is 8.99. The van der Waals surface area contributed by atoms with E-state index in [-0.39, 0.29) is 5.92 Å². The molecular weight excluding hydrogens is 328 g/mol. The molecule has 1 saturated heterocycles. The van der Waals surface area contributed by atoms with Gasteiger partial charge in [-0.25, -0.2) is 18.1 Å². The van der Waals surface area contributed by atoms with E-state index in [1.807, 2.05) is 12.3 Å². The molecule has 2 aromatic heterocycles. The van der Waals surface area contributed by atoms with Crippen LogP contribution in [-0.4, -0.2) is 50.4 Å². The Bertz CT molecular complexity index is 898. The van der Waals surface area contributed by atoms with Gasteiger partial charge in [0, 0.05) is 37.9 Å². The van der Waals surface area contributed by atoms with Crippen molar-refractivity contribution in [2.45, 2.75) is 11.4 Å². The Morgan fingerprint density at radius 3 is 2.54 bits per heavy atom. The highest BCUT2D eigenvalue weighted by Gasteiger charge is 2.36. The summed E-state index contributed by atoms with van der Waals surface area (Å²) < 4.78 is 30.2. The van der Waals surface area contributed by atoms with E-state index < -0.39 is 10.0 Å². The third-order valence-electron chi connectivity index (χ3n) is 4.08. The van der Waals surface area contributed by atoms with Crippen molar-refractivity contribution in [1.29, 1.82) is 0 Å². The highest BCUT2D eigenvalue weighted by molar-refractivity contribution is 7.89. The minimum atomic E-state index is -3.44. The fourth-order valence-electron chi connectivity index (χ4n) is 2.77. The molecule has 0 atom stereocenters. The number of sulfonamides is 1. The van der Waals surface area contributed by atoms with Crippen LogP contribution in [0.2, 0.25) is 0 Å². The van der Waals surface area contributed by atoms with Gasteiger partial charge in [-0.05, 0) is 30.3 Å². The normalized spacial score (nSPS) is 16.2. The second kappa shape index (κ2) is 5.84. The SMILES string of the molecule is O=S(=O)(c1ccc(-n2cccn2)cc1)N1CC(Cn2cncn2)C1. The zero-order chi connectivity index (χ0) is 16.6. The van der Waals surface area contributed by atoms with E-state index in [0.717, 1.165) is 5.69 Å². The van der Waals surface area contributed by atoms with E-state index in [0.29, 0.717) is 24.5 Å². The van der Waals surface area contributed by atoms with Gasteiger partial charge in [0.05, 0.1) is 10.6 Å². The maximum atomic E-state index is 12.6. The molecule has 8 nitrogen and oxygen atoms in total. The molecule has 0 spiro atoms. The second-order valence-corrected chi connectivity index (χ2v) is 7.69. The summed E-state index contributed by atoms with van der Waals surface area (Å²) in [6.07, 6.45) is 6.62. The minimum absolute atomic E-state index is 0.268. The molecule has 1 aromatic carbocycles. The smallest absolute Gasteiger partial charge is 0.243 e. The van der Waals surface area contributed by atoms with Crippen LogP contribution in [0, 0.1) is 5.92 Å². The second-order valence-electron chi connectivity index (χ2n) is 5.75. The van der Waals surface area contributed by atoms with Crippen molar-refractivity contribution in [2.24, 2.45) is 5.92 Å². The van der Waals surface area contributed by atoms with Crippen molar-refractivity contribution in [3.05, 3.63) is 55.4 Å². The average molecular weight is 344 g/mol. The molecule has 1 fully saturated rings. The third kappa shape index (κ3) is 2.72. The lowest BCUT2D eigenvalue weighted by atomic mass is 10.0. The molecule has 24 heavy (non-hydrogen) atoms. The van der Waals surface area contributed by atoms with Gasteiger partial charge < -0.3 is 0 Å². The number of rotatable bonds is 5. The Hall–Kier alpha value is -2.52. The van der Waals surface area contributed by atoms with Gasteiger partial charge in [-0.1, -0.05) is 0 Å². The summed E-state index contributed by atoms with van der Waals surface area (Å²) in [6, 6.07) is 8.58. The molecule has 9 heteroatoms. The van der Waals surface area contributed by atoms with E-state index in [1.54, 1.807) is 46.2 Å². The molecule has 0 bridgehead atoms. The van der Waals surface area contributed by atoms with Crippen LogP contribution in [0.15, 0.2) is 60.3 Å². The summed E-state index contributed by atoms with van der Waals surface area (Å²) in [6.45, 7) is 1.69. The molecule has 4 rings (SSSR count). The fourth-order valence-corrected chi connectivity index (χ4v) is 4.36. The monoisotopic (exact) mass is 344 g/mol. The van der Waals surface area contributed by atoms with Crippen molar-refractivity contribution >= 4 is 10.0 Å². The maximum Gasteiger partial charge on any atom is 0.243 e. The predicted octanol–water partition coefficient (Wildman–Crippen LogP) is 0.785. The molecule has 0 aliphatic carbocycles. The Morgan fingerprint density at radius 2 is 1.92 bits per heavy atom. The lowest BCUT2D eigenvalue weighted by molar-refractivity contribution is 0.174. The van der Waals surface area contributed by atoms with Gasteiger partial charge in [-0.3, -0.25) is 4.68 Å². The molecular formula is C15H16N6O2S. The molecule has 0 amide bonds. The van der Waals surface area contributed by atoms with Crippen molar-refractivity contribution in [3.63, 3.8) is 0 Å². The molecule has 1 aliphatic heterocycles. The van der Waals surface area contributed by atoms with Gasteiger partial charge in [0.25, 0.3) is 0 Å². The molecule has 0 saturated carbocycles. The number of aromatic nitrogens is 5. The van der Waals surface area contributed by atoms with Crippen molar-refractivity contribution in [3.8, 4) is 5.69 Å². The molecule has 0 radical (unpaired) electrons. The van der Waals surface area contributed by atoms with Crippen LogP contribution in [0.25, 0.3) is 5.69 Å². The Kier molecular flexibility index (Phi) is 3.66. The molecule has 0 unspecified atom stereocenters. The van der Waals surface area contributed by atoms with Gasteiger partial charge >= 0.3 is 0 Å². The standard InChI is InChI=1S/C15H16N6O2S/c22-24(23,20-9-13(10-20)8-19-12-16-11-18-19)15-4-2-14(3-5-15)21-7-1-6-17-21/h1-7,11-13H,8-10H2. The largest absolute Gasteiger partial charge is 0.253 e. The highest BCUT2D eigenvalue weighted by atomic mass is 32.2. The van der Waals surface area contributed by atoms with Gasteiger partial charge in [-0.2, -0.15) is 14.5 Å². The summed E-state index contributed by atoms with van der Waals surface area (Å²) in [5.74, 6) is 0.268. The lowest BCUT2D eigenvalue weighted by Crippen LogP contribution is -2.51. The third-order valence-corrected chi connectivity index (χ3v) is 5.92.